The molecule has 2 heterocycles. The van der Waals surface area contributed by atoms with Crippen molar-refractivity contribution >= 4 is 0 Å². The van der Waals surface area contributed by atoms with Crippen LogP contribution in [0.3, 0.4) is 0 Å². The minimum absolute atomic E-state index is 0.191. The number of nitrogens with zero attached hydrogens (tertiary/aromatic N) is 3. The summed E-state index contributed by atoms with van der Waals surface area (Å²) in [6, 6.07) is 11.3. The minimum Gasteiger partial charge on any atom is -0.493 e. The molecule has 0 N–H and O–H groups in total. The van der Waals surface area contributed by atoms with Gasteiger partial charge in [0.05, 0.1) is 17.9 Å². The summed E-state index contributed by atoms with van der Waals surface area (Å²) in [4.78, 5) is 8.53. The molecule has 6 heteroatoms. The molecule has 0 bridgehead atoms. The van der Waals surface area contributed by atoms with Crippen LogP contribution in [0.5, 0.6) is 11.5 Å². The lowest BCUT2D eigenvalue weighted by Gasteiger charge is -2.06. The Bertz CT molecular complexity index is 786. The fraction of sp³-hybridized carbons (Fsp3) is 0.235. The average Bonchev–Trinajstić information content (AvgIpc) is 3.04. The first-order chi connectivity index (χ1) is 11.3. The molecule has 3 rings (SSSR count). The molecule has 0 atom stereocenters. The van der Waals surface area contributed by atoms with E-state index in [9.17, 15) is 0 Å². The van der Waals surface area contributed by atoms with E-state index < -0.39 is 0 Å². The van der Waals surface area contributed by atoms with E-state index in [-0.39, 0.29) is 6.61 Å². The maximum atomic E-state index is 5.66. The average molecular weight is 311 g/mol. The Morgan fingerprint density at radius 3 is 2.70 bits per heavy atom. The van der Waals surface area contributed by atoms with Crippen LogP contribution < -0.4 is 9.47 Å². The van der Waals surface area contributed by atoms with Crippen molar-refractivity contribution in [2.24, 2.45) is 0 Å². The largest absolute Gasteiger partial charge is 0.493 e. The maximum Gasteiger partial charge on any atom is 0.264 e. The van der Waals surface area contributed by atoms with Crippen LogP contribution in [0.15, 0.2) is 47.1 Å². The van der Waals surface area contributed by atoms with Crippen molar-refractivity contribution in [2.75, 3.05) is 6.61 Å². The van der Waals surface area contributed by atoms with Crippen LogP contribution in [0.1, 0.15) is 18.5 Å². The van der Waals surface area contributed by atoms with E-state index >= 15 is 0 Å². The standard InChI is InChI=1S/C17H17N3O3/c1-3-21-15-8-5-4-7-13(15)17-19-16(23-20-17)11-22-14-9-6-10-18-12(14)2/h4-10H,3,11H2,1-2H3. The molecular weight excluding hydrogens is 294 g/mol. The van der Waals surface area contributed by atoms with Gasteiger partial charge in [-0.25, -0.2) is 0 Å². The summed E-state index contributed by atoms with van der Waals surface area (Å²) in [6.07, 6.45) is 1.72. The van der Waals surface area contributed by atoms with Gasteiger partial charge in [-0.05, 0) is 38.1 Å². The number of hydrogen-bond acceptors (Lipinski definition) is 6. The Labute approximate surface area is 134 Å². The Morgan fingerprint density at radius 1 is 1.04 bits per heavy atom. The van der Waals surface area contributed by atoms with E-state index in [1.807, 2.05) is 50.2 Å². The number of benzene rings is 1. The van der Waals surface area contributed by atoms with Gasteiger partial charge < -0.3 is 14.0 Å². The summed E-state index contributed by atoms with van der Waals surface area (Å²) < 4.78 is 16.5. The molecule has 0 aliphatic carbocycles. The van der Waals surface area contributed by atoms with Gasteiger partial charge in [-0.15, -0.1) is 0 Å². The molecule has 0 unspecified atom stereocenters. The van der Waals surface area contributed by atoms with Crippen molar-refractivity contribution in [3.05, 3.63) is 54.2 Å². The lowest BCUT2D eigenvalue weighted by Crippen LogP contribution is -1.98. The van der Waals surface area contributed by atoms with E-state index in [1.165, 1.54) is 0 Å². The quantitative estimate of drug-likeness (QED) is 0.694. The van der Waals surface area contributed by atoms with E-state index in [1.54, 1.807) is 6.20 Å². The zero-order valence-electron chi connectivity index (χ0n) is 13.0. The highest BCUT2D eigenvalue weighted by atomic mass is 16.5. The van der Waals surface area contributed by atoms with Gasteiger partial charge in [0.2, 0.25) is 5.82 Å². The van der Waals surface area contributed by atoms with Crippen LogP contribution in [-0.2, 0) is 6.61 Å². The lowest BCUT2D eigenvalue weighted by atomic mass is 10.2. The topological polar surface area (TPSA) is 70.3 Å². The molecule has 0 amide bonds. The molecule has 0 aliphatic heterocycles. The van der Waals surface area contributed by atoms with Crippen molar-refractivity contribution in [3.8, 4) is 22.9 Å². The molecule has 0 radical (unpaired) electrons. The van der Waals surface area contributed by atoms with Crippen LogP contribution in [0.25, 0.3) is 11.4 Å². The van der Waals surface area contributed by atoms with Gasteiger partial charge in [0.1, 0.15) is 11.5 Å². The molecule has 118 valence electrons. The number of rotatable bonds is 6. The second-order valence-electron chi connectivity index (χ2n) is 4.82. The molecule has 1 aromatic carbocycles. The lowest BCUT2D eigenvalue weighted by molar-refractivity contribution is 0.241. The summed E-state index contributed by atoms with van der Waals surface area (Å²) in [5.74, 6) is 2.30. The molecule has 6 nitrogen and oxygen atoms in total. The molecule has 0 saturated carbocycles. The van der Waals surface area contributed by atoms with E-state index in [0.29, 0.717) is 24.1 Å². The third kappa shape index (κ3) is 3.48. The van der Waals surface area contributed by atoms with Gasteiger partial charge in [0, 0.05) is 6.20 Å². The first-order valence-corrected chi connectivity index (χ1v) is 7.37. The SMILES string of the molecule is CCOc1ccccc1-c1noc(COc2cccnc2C)n1. The fourth-order valence-corrected chi connectivity index (χ4v) is 2.12. The summed E-state index contributed by atoms with van der Waals surface area (Å²) in [7, 11) is 0. The Kier molecular flexibility index (Phi) is 4.52. The van der Waals surface area contributed by atoms with Crippen LogP contribution in [0.4, 0.5) is 0 Å². The Hall–Kier alpha value is -2.89. The van der Waals surface area contributed by atoms with Gasteiger partial charge in [0.25, 0.3) is 5.89 Å². The van der Waals surface area contributed by atoms with Crippen LogP contribution in [0.2, 0.25) is 0 Å². The molecule has 0 spiro atoms. The predicted octanol–water partition coefficient (Wildman–Crippen LogP) is 3.42. The summed E-state index contributed by atoms with van der Waals surface area (Å²) in [5.41, 5.74) is 1.61. The normalized spacial score (nSPS) is 10.5. The second kappa shape index (κ2) is 6.91. The van der Waals surface area contributed by atoms with Crippen LogP contribution in [0, 0.1) is 6.92 Å². The first-order valence-electron chi connectivity index (χ1n) is 7.37. The van der Waals surface area contributed by atoms with Gasteiger partial charge >= 0.3 is 0 Å². The first kappa shape index (κ1) is 15.0. The monoisotopic (exact) mass is 311 g/mol. The molecule has 0 fully saturated rings. The van der Waals surface area contributed by atoms with Crippen molar-refractivity contribution in [3.63, 3.8) is 0 Å². The van der Waals surface area contributed by atoms with Gasteiger partial charge in [-0.2, -0.15) is 4.98 Å². The number of hydrogen-bond donors (Lipinski definition) is 0. The smallest absolute Gasteiger partial charge is 0.264 e. The Morgan fingerprint density at radius 2 is 1.87 bits per heavy atom. The third-order valence-corrected chi connectivity index (χ3v) is 3.21. The number of para-hydroxylation sites is 1. The number of ether oxygens (including phenoxy) is 2. The van der Waals surface area contributed by atoms with Gasteiger partial charge in [-0.1, -0.05) is 17.3 Å². The number of pyridine rings is 1. The maximum absolute atomic E-state index is 5.66. The number of aryl methyl sites for hydroxylation is 1. The highest BCUT2D eigenvalue weighted by molar-refractivity contribution is 5.63. The third-order valence-electron chi connectivity index (χ3n) is 3.21. The molecule has 0 aliphatic rings. The second-order valence-corrected chi connectivity index (χ2v) is 4.82. The zero-order valence-corrected chi connectivity index (χ0v) is 13.0. The van der Waals surface area contributed by atoms with E-state index in [2.05, 4.69) is 15.1 Å². The molecule has 3 aromatic rings. The summed E-state index contributed by atoms with van der Waals surface area (Å²) in [5, 5.41) is 4.00. The molecule has 23 heavy (non-hydrogen) atoms. The number of aromatic nitrogens is 3. The van der Waals surface area contributed by atoms with E-state index in [4.69, 9.17) is 14.0 Å². The fourth-order valence-electron chi connectivity index (χ4n) is 2.12. The van der Waals surface area contributed by atoms with Crippen molar-refractivity contribution in [1.82, 2.24) is 15.1 Å². The highest BCUT2D eigenvalue weighted by Gasteiger charge is 2.13. The van der Waals surface area contributed by atoms with Gasteiger partial charge in [0.15, 0.2) is 6.61 Å². The van der Waals surface area contributed by atoms with Crippen molar-refractivity contribution in [2.45, 2.75) is 20.5 Å². The van der Waals surface area contributed by atoms with Crippen LogP contribution >= 0.6 is 0 Å². The molecule has 0 saturated heterocycles. The summed E-state index contributed by atoms with van der Waals surface area (Å²) in [6.45, 7) is 4.58. The van der Waals surface area contributed by atoms with Crippen molar-refractivity contribution in [1.29, 1.82) is 0 Å². The molecule has 2 aromatic heterocycles. The van der Waals surface area contributed by atoms with Crippen molar-refractivity contribution < 1.29 is 14.0 Å². The summed E-state index contributed by atoms with van der Waals surface area (Å²) >= 11 is 0. The van der Waals surface area contributed by atoms with Gasteiger partial charge in [-0.3, -0.25) is 4.98 Å². The molecular formula is C17H17N3O3. The Balaban J connectivity index is 1.75. The van der Waals surface area contributed by atoms with E-state index in [0.717, 1.165) is 17.0 Å². The zero-order chi connectivity index (χ0) is 16.1. The minimum atomic E-state index is 0.191. The highest BCUT2D eigenvalue weighted by Crippen LogP contribution is 2.27. The van der Waals surface area contributed by atoms with Crippen LogP contribution in [-0.4, -0.2) is 21.7 Å². The predicted molar refractivity (Wildman–Crippen MR) is 84.2 cm³/mol.